The lowest BCUT2D eigenvalue weighted by Crippen LogP contribution is -2.54. The van der Waals surface area contributed by atoms with E-state index in [-0.39, 0.29) is 31.1 Å². The molecule has 3 aliphatic carbocycles. The van der Waals surface area contributed by atoms with E-state index in [2.05, 4.69) is 15.4 Å². The maximum atomic E-state index is 13.7. The van der Waals surface area contributed by atoms with E-state index in [1.54, 1.807) is 24.1 Å². The molecule has 222 valence electrons. The van der Waals surface area contributed by atoms with Crippen molar-refractivity contribution in [3.8, 4) is 0 Å². The molecule has 41 heavy (non-hydrogen) atoms. The molecule has 0 saturated heterocycles. The molecule has 0 spiro atoms. The number of allylic oxidation sites excluding steroid dienone is 1. The molecule has 5 unspecified atom stereocenters. The second-order valence-electron chi connectivity index (χ2n) is 11.8. The van der Waals surface area contributed by atoms with Crippen LogP contribution in [0.2, 0.25) is 0 Å². The molecule has 4 aliphatic rings. The Morgan fingerprint density at radius 1 is 1.12 bits per heavy atom. The molecule has 3 saturated carbocycles. The van der Waals surface area contributed by atoms with Gasteiger partial charge in [-0.05, 0) is 76.0 Å². The van der Waals surface area contributed by atoms with Gasteiger partial charge in [0.15, 0.2) is 0 Å². The summed E-state index contributed by atoms with van der Waals surface area (Å²) in [7, 11) is -2.11. The molecule has 1 aromatic carbocycles. The number of carbonyl (C=O) groups is 4. The van der Waals surface area contributed by atoms with Gasteiger partial charge < -0.3 is 15.0 Å². The van der Waals surface area contributed by atoms with Crippen LogP contribution >= 0.6 is 0 Å². The quantitative estimate of drug-likeness (QED) is 0.449. The van der Waals surface area contributed by atoms with E-state index >= 15 is 0 Å². The van der Waals surface area contributed by atoms with Crippen molar-refractivity contribution in [1.29, 1.82) is 0 Å². The number of anilines is 1. The van der Waals surface area contributed by atoms with Crippen LogP contribution in [0.4, 0.5) is 10.5 Å². The van der Waals surface area contributed by atoms with E-state index in [4.69, 9.17) is 4.74 Å². The van der Waals surface area contributed by atoms with Crippen molar-refractivity contribution in [3.05, 3.63) is 42.0 Å². The first-order valence-electron chi connectivity index (χ1n) is 14.3. The van der Waals surface area contributed by atoms with Crippen LogP contribution in [0.5, 0.6) is 0 Å². The summed E-state index contributed by atoms with van der Waals surface area (Å²) < 4.78 is 32.9. The van der Waals surface area contributed by atoms with Crippen molar-refractivity contribution >= 4 is 39.5 Å². The molecule has 3 N–H and O–H groups in total. The highest BCUT2D eigenvalue weighted by Gasteiger charge is 2.62. The summed E-state index contributed by atoms with van der Waals surface area (Å²) in [5.74, 6) is -3.43. The average Bonchev–Trinajstić information content (AvgIpc) is 3.82. The predicted molar refractivity (Wildman–Crippen MR) is 151 cm³/mol. The lowest BCUT2D eigenvalue weighted by Gasteiger charge is -2.26. The zero-order chi connectivity index (χ0) is 29.4. The van der Waals surface area contributed by atoms with Crippen molar-refractivity contribution in [2.45, 2.75) is 75.2 Å². The highest BCUT2D eigenvalue weighted by atomic mass is 32.2. The highest BCUT2D eigenvalue weighted by molar-refractivity contribution is 7.91. The molecule has 11 nitrogen and oxygen atoms in total. The Bertz CT molecular complexity index is 1360. The fourth-order valence-electron chi connectivity index (χ4n) is 5.91. The fourth-order valence-corrected chi connectivity index (χ4v) is 7.28. The van der Waals surface area contributed by atoms with Crippen molar-refractivity contribution in [1.82, 2.24) is 14.9 Å². The number of benzene rings is 1. The normalized spacial score (nSPS) is 30.3. The van der Waals surface area contributed by atoms with Gasteiger partial charge in [-0.2, -0.15) is 0 Å². The molecule has 4 amide bonds. The van der Waals surface area contributed by atoms with Gasteiger partial charge in [-0.1, -0.05) is 24.3 Å². The monoisotopic (exact) mass is 586 g/mol. The number of ether oxygens (including phenoxy) is 1. The molecular weight excluding hydrogens is 548 g/mol. The maximum Gasteiger partial charge on any atom is 0.411 e. The van der Waals surface area contributed by atoms with Gasteiger partial charge in [0.2, 0.25) is 21.8 Å². The third-order valence-corrected chi connectivity index (χ3v) is 10.4. The smallest absolute Gasteiger partial charge is 0.411 e. The van der Waals surface area contributed by atoms with Crippen LogP contribution in [-0.4, -0.2) is 67.6 Å². The maximum absolute atomic E-state index is 13.7. The van der Waals surface area contributed by atoms with Crippen molar-refractivity contribution in [2.75, 3.05) is 18.9 Å². The predicted octanol–water partition coefficient (Wildman–Crippen LogP) is 2.62. The Labute approximate surface area is 240 Å². The Morgan fingerprint density at radius 3 is 2.61 bits per heavy atom. The number of rotatable bonds is 5. The van der Waals surface area contributed by atoms with Crippen LogP contribution in [-0.2, 0) is 29.1 Å². The van der Waals surface area contributed by atoms with E-state index in [1.807, 2.05) is 31.2 Å². The topological polar surface area (TPSA) is 151 Å². The summed E-state index contributed by atoms with van der Waals surface area (Å²) in [5, 5.41) is 4.95. The summed E-state index contributed by atoms with van der Waals surface area (Å²) in [4.78, 5) is 54.8. The van der Waals surface area contributed by atoms with E-state index in [9.17, 15) is 27.6 Å². The number of carbonyl (C=O) groups excluding carboxylic acids is 4. The van der Waals surface area contributed by atoms with Crippen molar-refractivity contribution in [2.24, 2.45) is 17.8 Å². The zero-order valence-corrected chi connectivity index (χ0v) is 24.2. The molecule has 3 fully saturated rings. The number of fused-ring (bicyclic) bond motifs is 2. The molecular formula is C29H38N4O7S. The molecule has 5 atom stereocenters. The van der Waals surface area contributed by atoms with Crippen LogP contribution in [0.25, 0.3) is 0 Å². The number of nitrogens with one attached hydrogen (secondary N) is 3. The Kier molecular flexibility index (Phi) is 8.13. The number of nitrogens with zero attached hydrogens (tertiary/aromatic N) is 1. The number of sulfonamides is 1. The summed E-state index contributed by atoms with van der Waals surface area (Å²) in [5.41, 5.74) is 0.136. The van der Waals surface area contributed by atoms with Crippen molar-refractivity contribution in [3.63, 3.8) is 0 Å². The lowest BCUT2D eigenvalue weighted by molar-refractivity contribution is -0.140. The number of amides is 4. The Morgan fingerprint density at radius 2 is 1.88 bits per heavy atom. The summed E-state index contributed by atoms with van der Waals surface area (Å²) in [6.07, 6.45) is 6.34. The molecule has 1 aliphatic heterocycles. The van der Waals surface area contributed by atoms with Crippen LogP contribution in [0.1, 0.15) is 56.9 Å². The number of hydrogen-bond donors (Lipinski definition) is 3. The van der Waals surface area contributed by atoms with E-state index < -0.39 is 56.7 Å². The summed E-state index contributed by atoms with van der Waals surface area (Å²) >= 11 is 0. The fraction of sp³-hybridized carbons (Fsp3) is 0.586. The van der Waals surface area contributed by atoms with E-state index in [0.717, 1.165) is 24.8 Å². The lowest BCUT2D eigenvalue weighted by atomic mass is 9.93. The van der Waals surface area contributed by atoms with Gasteiger partial charge in [0.05, 0.1) is 17.1 Å². The first kappa shape index (κ1) is 29.1. The SMILES string of the molecule is Cc1cccc(NC(=O)OC2CC3C(=O)NC4(C(=O)NS(=O)(=O)C5CC5)CC4C=CCCCCN(C)C(=O)C3C2)c1. The van der Waals surface area contributed by atoms with E-state index in [0.29, 0.717) is 25.1 Å². The first-order chi connectivity index (χ1) is 19.5. The van der Waals surface area contributed by atoms with Crippen LogP contribution in [0.15, 0.2) is 36.4 Å². The van der Waals surface area contributed by atoms with Gasteiger partial charge in [0, 0.05) is 25.2 Å². The molecule has 1 heterocycles. The van der Waals surface area contributed by atoms with Gasteiger partial charge in [-0.3, -0.25) is 24.4 Å². The Hall–Kier alpha value is -3.41. The van der Waals surface area contributed by atoms with E-state index in [1.165, 1.54) is 0 Å². The molecule has 1 aromatic rings. The average molecular weight is 587 g/mol. The second kappa shape index (κ2) is 11.5. The number of hydrogen-bond acceptors (Lipinski definition) is 7. The summed E-state index contributed by atoms with van der Waals surface area (Å²) in [6, 6.07) is 7.25. The molecule has 12 heteroatoms. The van der Waals surface area contributed by atoms with Crippen LogP contribution in [0.3, 0.4) is 0 Å². The number of aryl methyl sites for hydroxylation is 1. The third kappa shape index (κ3) is 6.58. The highest BCUT2D eigenvalue weighted by Crippen LogP contribution is 2.47. The van der Waals surface area contributed by atoms with Gasteiger partial charge in [-0.15, -0.1) is 0 Å². The Balaban J connectivity index is 1.34. The largest absolute Gasteiger partial charge is 0.446 e. The van der Waals surface area contributed by atoms with Gasteiger partial charge in [-0.25, -0.2) is 13.2 Å². The van der Waals surface area contributed by atoms with Gasteiger partial charge in [0.25, 0.3) is 5.91 Å². The van der Waals surface area contributed by atoms with Crippen molar-refractivity contribution < 1.29 is 32.3 Å². The molecule has 5 rings (SSSR count). The second-order valence-corrected chi connectivity index (χ2v) is 13.8. The van der Waals surface area contributed by atoms with Crippen LogP contribution in [0, 0.1) is 24.7 Å². The minimum Gasteiger partial charge on any atom is -0.446 e. The molecule has 0 bridgehead atoms. The first-order valence-corrected chi connectivity index (χ1v) is 15.9. The standard InChI is InChI=1S/C29H38N4O7S/c1-18-8-7-10-20(14-18)30-28(37)40-21-15-23-24(16-21)26(35)33(2)13-6-4-3-5-9-19-17-29(19,31-25(23)34)27(36)32-41(38,39)22-11-12-22/h5,7-10,14,19,21-24H,3-4,6,11-13,15-17H2,1-2H3,(H,30,37)(H,31,34)(H,32,36). The minimum atomic E-state index is -3.81. The molecule has 0 radical (unpaired) electrons. The minimum absolute atomic E-state index is 0.107. The van der Waals surface area contributed by atoms with Crippen LogP contribution < -0.4 is 15.4 Å². The van der Waals surface area contributed by atoms with Gasteiger partial charge >= 0.3 is 6.09 Å². The third-order valence-electron chi connectivity index (χ3n) is 8.53. The van der Waals surface area contributed by atoms with Gasteiger partial charge in [0.1, 0.15) is 11.6 Å². The summed E-state index contributed by atoms with van der Waals surface area (Å²) in [6.45, 7) is 2.44. The zero-order valence-electron chi connectivity index (χ0n) is 23.4. The molecule has 0 aromatic heterocycles.